The van der Waals surface area contributed by atoms with E-state index in [9.17, 15) is 4.79 Å². The number of nitrogens with one attached hydrogen (secondary N) is 1. The van der Waals surface area contributed by atoms with Crippen LogP contribution in [0.25, 0.3) is 0 Å². The molecule has 0 bridgehead atoms. The summed E-state index contributed by atoms with van der Waals surface area (Å²) in [5, 5.41) is 2.74. The van der Waals surface area contributed by atoms with Crippen LogP contribution >= 0.6 is 15.9 Å². The predicted octanol–water partition coefficient (Wildman–Crippen LogP) is 2.38. The first-order chi connectivity index (χ1) is 8.56. The van der Waals surface area contributed by atoms with Crippen molar-refractivity contribution >= 4 is 33.2 Å². The van der Waals surface area contributed by atoms with Crippen molar-refractivity contribution in [2.75, 3.05) is 11.1 Å². The minimum Gasteiger partial charge on any atom is -0.397 e. The summed E-state index contributed by atoms with van der Waals surface area (Å²) in [7, 11) is 0. The molecule has 0 fully saturated rings. The Hall–Kier alpha value is -1.95. The highest BCUT2D eigenvalue weighted by atomic mass is 79.9. The highest BCUT2D eigenvalue weighted by Crippen LogP contribution is 2.14. The molecule has 2 rings (SSSR count). The van der Waals surface area contributed by atoms with Gasteiger partial charge >= 0.3 is 0 Å². The summed E-state index contributed by atoms with van der Waals surface area (Å²) in [5.41, 5.74) is 7.78. The number of aromatic nitrogens is 2. The molecule has 2 heterocycles. The molecule has 1 amide bonds. The molecular formula is C12H11BrN4O. The second-order valence-electron chi connectivity index (χ2n) is 3.73. The van der Waals surface area contributed by atoms with Crippen LogP contribution in [0.15, 0.2) is 35.2 Å². The van der Waals surface area contributed by atoms with Crippen LogP contribution in [0.1, 0.15) is 16.1 Å². The molecule has 18 heavy (non-hydrogen) atoms. The first-order valence-corrected chi connectivity index (χ1v) is 6.00. The van der Waals surface area contributed by atoms with Crippen LogP contribution < -0.4 is 11.1 Å². The first-order valence-electron chi connectivity index (χ1n) is 5.21. The van der Waals surface area contributed by atoms with Gasteiger partial charge in [0, 0.05) is 0 Å². The van der Waals surface area contributed by atoms with E-state index in [1.807, 2.05) is 0 Å². The lowest BCUT2D eigenvalue weighted by Crippen LogP contribution is -2.14. The predicted molar refractivity (Wildman–Crippen MR) is 73.3 cm³/mol. The Morgan fingerprint density at radius 1 is 1.33 bits per heavy atom. The lowest BCUT2D eigenvalue weighted by atomic mass is 10.2. The SMILES string of the molecule is Cc1ncc(N)cc1C(=O)Nc1ccc(Br)nc1. The minimum atomic E-state index is -0.253. The number of halogens is 1. The summed E-state index contributed by atoms with van der Waals surface area (Å²) in [4.78, 5) is 20.1. The molecule has 2 aromatic heterocycles. The van der Waals surface area contributed by atoms with Crippen LogP contribution in [0.5, 0.6) is 0 Å². The van der Waals surface area contributed by atoms with Gasteiger partial charge in [-0.25, -0.2) is 4.98 Å². The summed E-state index contributed by atoms with van der Waals surface area (Å²) in [6.45, 7) is 1.76. The molecule has 5 nitrogen and oxygen atoms in total. The average molecular weight is 307 g/mol. The van der Waals surface area contributed by atoms with Crippen LogP contribution in [0.3, 0.4) is 0 Å². The van der Waals surface area contributed by atoms with Crippen molar-refractivity contribution in [2.45, 2.75) is 6.92 Å². The molecule has 0 aliphatic heterocycles. The van der Waals surface area contributed by atoms with Crippen LogP contribution in [0.4, 0.5) is 11.4 Å². The van der Waals surface area contributed by atoms with E-state index in [1.54, 1.807) is 31.3 Å². The number of hydrogen-bond acceptors (Lipinski definition) is 4. The van der Waals surface area contributed by atoms with E-state index in [0.29, 0.717) is 27.2 Å². The van der Waals surface area contributed by atoms with E-state index in [2.05, 4.69) is 31.2 Å². The van der Waals surface area contributed by atoms with Gasteiger partial charge in [0.15, 0.2) is 0 Å². The van der Waals surface area contributed by atoms with Crippen LogP contribution in [-0.2, 0) is 0 Å². The molecule has 0 saturated carbocycles. The molecule has 0 aliphatic rings. The smallest absolute Gasteiger partial charge is 0.257 e. The molecule has 2 aromatic rings. The normalized spacial score (nSPS) is 10.1. The number of anilines is 2. The molecule has 0 aliphatic carbocycles. The fraction of sp³-hybridized carbons (Fsp3) is 0.0833. The topological polar surface area (TPSA) is 80.9 Å². The summed E-state index contributed by atoms with van der Waals surface area (Å²) in [5.74, 6) is -0.253. The number of nitrogens with two attached hydrogens (primary N) is 1. The zero-order chi connectivity index (χ0) is 13.1. The zero-order valence-corrected chi connectivity index (χ0v) is 11.2. The Morgan fingerprint density at radius 3 is 2.78 bits per heavy atom. The number of carbonyl (C=O) groups is 1. The third kappa shape index (κ3) is 2.84. The van der Waals surface area contributed by atoms with Gasteiger partial charge in [0.2, 0.25) is 0 Å². The largest absolute Gasteiger partial charge is 0.397 e. The summed E-state index contributed by atoms with van der Waals surface area (Å²) >= 11 is 3.23. The maximum atomic E-state index is 12.0. The molecule has 0 spiro atoms. The fourth-order valence-electron chi connectivity index (χ4n) is 1.43. The first kappa shape index (κ1) is 12.5. The van der Waals surface area contributed by atoms with Crippen molar-refractivity contribution < 1.29 is 4.79 Å². The number of aryl methyl sites for hydroxylation is 1. The molecule has 92 valence electrons. The summed E-state index contributed by atoms with van der Waals surface area (Å²) in [6, 6.07) is 5.11. The fourth-order valence-corrected chi connectivity index (χ4v) is 1.66. The molecule has 6 heteroatoms. The second-order valence-corrected chi connectivity index (χ2v) is 4.54. The number of hydrogen-bond donors (Lipinski definition) is 2. The van der Waals surface area contributed by atoms with Crippen molar-refractivity contribution in [2.24, 2.45) is 0 Å². The Balaban J connectivity index is 2.21. The van der Waals surface area contributed by atoms with Gasteiger partial charge in [0.25, 0.3) is 5.91 Å². The van der Waals surface area contributed by atoms with Gasteiger partial charge in [0.05, 0.1) is 35.0 Å². The number of pyridine rings is 2. The zero-order valence-electron chi connectivity index (χ0n) is 9.64. The van der Waals surface area contributed by atoms with E-state index in [-0.39, 0.29) is 5.91 Å². The van der Waals surface area contributed by atoms with E-state index in [0.717, 1.165) is 0 Å². The minimum absolute atomic E-state index is 0.253. The van der Waals surface area contributed by atoms with Crippen LogP contribution in [-0.4, -0.2) is 15.9 Å². The molecule has 0 aromatic carbocycles. The van der Waals surface area contributed by atoms with Gasteiger partial charge in [-0.3, -0.25) is 9.78 Å². The quantitative estimate of drug-likeness (QED) is 0.835. The maximum absolute atomic E-state index is 12.0. The average Bonchev–Trinajstić information content (AvgIpc) is 2.35. The van der Waals surface area contributed by atoms with Crippen molar-refractivity contribution in [3.8, 4) is 0 Å². The number of nitrogen functional groups attached to an aromatic ring is 1. The molecule has 0 atom stereocenters. The number of carbonyl (C=O) groups excluding carboxylic acids is 1. The van der Waals surface area contributed by atoms with Gasteiger partial charge in [-0.05, 0) is 41.1 Å². The third-order valence-corrected chi connectivity index (χ3v) is 2.81. The number of amides is 1. The van der Waals surface area contributed by atoms with E-state index in [4.69, 9.17) is 5.73 Å². The number of nitrogens with zero attached hydrogens (tertiary/aromatic N) is 2. The van der Waals surface area contributed by atoms with Gasteiger partial charge in [0.1, 0.15) is 4.60 Å². The lowest BCUT2D eigenvalue weighted by Gasteiger charge is -2.07. The molecule has 3 N–H and O–H groups in total. The Bertz CT molecular complexity index is 583. The van der Waals surface area contributed by atoms with Crippen LogP contribution in [0, 0.1) is 6.92 Å². The maximum Gasteiger partial charge on any atom is 0.257 e. The Labute approximate surface area is 113 Å². The molecule has 0 radical (unpaired) electrons. The Morgan fingerprint density at radius 2 is 2.11 bits per heavy atom. The van der Waals surface area contributed by atoms with Gasteiger partial charge in [-0.2, -0.15) is 0 Å². The number of rotatable bonds is 2. The van der Waals surface area contributed by atoms with E-state index < -0.39 is 0 Å². The van der Waals surface area contributed by atoms with Crippen LogP contribution in [0.2, 0.25) is 0 Å². The summed E-state index contributed by atoms with van der Waals surface area (Å²) in [6.07, 6.45) is 3.09. The second kappa shape index (κ2) is 5.14. The third-order valence-electron chi connectivity index (χ3n) is 2.34. The Kier molecular flexibility index (Phi) is 3.57. The molecule has 0 saturated heterocycles. The monoisotopic (exact) mass is 306 g/mol. The molecular weight excluding hydrogens is 296 g/mol. The van der Waals surface area contributed by atoms with Crippen molar-refractivity contribution in [1.82, 2.24) is 9.97 Å². The highest BCUT2D eigenvalue weighted by Gasteiger charge is 2.10. The highest BCUT2D eigenvalue weighted by molar-refractivity contribution is 9.10. The van der Waals surface area contributed by atoms with Gasteiger partial charge < -0.3 is 11.1 Å². The van der Waals surface area contributed by atoms with Crippen molar-refractivity contribution in [3.05, 3.63) is 46.5 Å². The van der Waals surface area contributed by atoms with E-state index in [1.165, 1.54) is 6.20 Å². The van der Waals surface area contributed by atoms with Crippen molar-refractivity contribution in [3.63, 3.8) is 0 Å². The van der Waals surface area contributed by atoms with Crippen molar-refractivity contribution in [1.29, 1.82) is 0 Å². The van der Waals surface area contributed by atoms with Gasteiger partial charge in [-0.15, -0.1) is 0 Å². The molecule has 0 unspecified atom stereocenters. The lowest BCUT2D eigenvalue weighted by molar-refractivity contribution is 0.102. The summed E-state index contributed by atoms with van der Waals surface area (Å²) < 4.78 is 0.710. The standard InChI is InChI=1S/C12H11BrN4O/c1-7-10(4-8(14)5-15-7)12(18)17-9-2-3-11(13)16-6-9/h2-6H,14H2,1H3,(H,17,18). The van der Waals surface area contributed by atoms with E-state index >= 15 is 0 Å². The van der Waals surface area contributed by atoms with Gasteiger partial charge in [-0.1, -0.05) is 0 Å².